The SMILES string of the molecule is CC(C)(CCNCc1ccc(Oc2cnccn2)cc1)C(=O)O. The Labute approximate surface area is 135 Å². The van der Waals surface area contributed by atoms with E-state index in [2.05, 4.69) is 15.3 Å². The molecule has 122 valence electrons. The van der Waals surface area contributed by atoms with Gasteiger partial charge in [0.15, 0.2) is 0 Å². The molecule has 0 aliphatic heterocycles. The molecule has 1 heterocycles. The van der Waals surface area contributed by atoms with Crippen LogP contribution in [0, 0.1) is 5.41 Å². The van der Waals surface area contributed by atoms with Gasteiger partial charge in [-0.1, -0.05) is 12.1 Å². The molecule has 0 aliphatic carbocycles. The maximum atomic E-state index is 11.0. The van der Waals surface area contributed by atoms with Crippen molar-refractivity contribution >= 4 is 5.97 Å². The van der Waals surface area contributed by atoms with Crippen LogP contribution in [0.15, 0.2) is 42.9 Å². The Morgan fingerprint density at radius 3 is 2.61 bits per heavy atom. The van der Waals surface area contributed by atoms with E-state index >= 15 is 0 Å². The second kappa shape index (κ2) is 7.69. The van der Waals surface area contributed by atoms with Crippen molar-refractivity contribution in [1.29, 1.82) is 0 Å². The van der Waals surface area contributed by atoms with Crippen LogP contribution in [0.1, 0.15) is 25.8 Å². The fraction of sp³-hybridized carbons (Fsp3) is 0.353. The monoisotopic (exact) mass is 315 g/mol. The van der Waals surface area contributed by atoms with E-state index in [0.717, 1.165) is 5.56 Å². The smallest absolute Gasteiger partial charge is 0.309 e. The first-order valence-electron chi connectivity index (χ1n) is 7.44. The summed E-state index contributed by atoms with van der Waals surface area (Å²) in [5.74, 6) is 0.375. The normalized spacial score (nSPS) is 11.2. The molecule has 2 N–H and O–H groups in total. The zero-order valence-corrected chi connectivity index (χ0v) is 13.3. The van der Waals surface area contributed by atoms with Crippen molar-refractivity contribution in [2.24, 2.45) is 5.41 Å². The van der Waals surface area contributed by atoms with Crippen LogP contribution in [-0.2, 0) is 11.3 Å². The molecular formula is C17H21N3O3. The number of carbonyl (C=O) groups is 1. The van der Waals surface area contributed by atoms with E-state index in [0.29, 0.717) is 31.1 Å². The largest absolute Gasteiger partial charge is 0.481 e. The molecule has 0 saturated carbocycles. The number of hydrogen-bond donors (Lipinski definition) is 2. The number of nitrogens with one attached hydrogen (secondary N) is 1. The molecule has 1 aromatic carbocycles. The third-order valence-electron chi connectivity index (χ3n) is 3.52. The van der Waals surface area contributed by atoms with Gasteiger partial charge in [-0.25, -0.2) is 4.98 Å². The van der Waals surface area contributed by atoms with Gasteiger partial charge in [0, 0.05) is 18.9 Å². The van der Waals surface area contributed by atoms with Crippen LogP contribution in [0.2, 0.25) is 0 Å². The zero-order valence-electron chi connectivity index (χ0n) is 13.3. The second-order valence-electron chi connectivity index (χ2n) is 5.91. The molecule has 23 heavy (non-hydrogen) atoms. The summed E-state index contributed by atoms with van der Waals surface area (Å²) >= 11 is 0. The van der Waals surface area contributed by atoms with Crippen molar-refractivity contribution in [1.82, 2.24) is 15.3 Å². The van der Waals surface area contributed by atoms with E-state index in [4.69, 9.17) is 9.84 Å². The molecule has 6 nitrogen and oxygen atoms in total. The third-order valence-corrected chi connectivity index (χ3v) is 3.52. The molecule has 2 aromatic rings. The van der Waals surface area contributed by atoms with Gasteiger partial charge in [0.1, 0.15) is 5.75 Å². The number of hydrogen-bond acceptors (Lipinski definition) is 5. The highest BCUT2D eigenvalue weighted by Gasteiger charge is 2.25. The van der Waals surface area contributed by atoms with E-state index in [1.165, 1.54) is 0 Å². The minimum Gasteiger partial charge on any atom is -0.481 e. The summed E-state index contributed by atoms with van der Waals surface area (Å²) in [6, 6.07) is 7.65. The summed E-state index contributed by atoms with van der Waals surface area (Å²) in [6.07, 6.45) is 5.30. The van der Waals surface area contributed by atoms with Crippen LogP contribution in [0.25, 0.3) is 0 Å². The lowest BCUT2D eigenvalue weighted by Crippen LogP contribution is -2.28. The van der Waals surface area contributed by atoms with Crippen LogP contribution in [-0.4, -0.2) is 27.6 Å². The Morgan fingerprint density at radius 1 is 1.26 bits per heavy atom. The molecule has 0 amide bonds. The Kier molecular flexibility index (Phi) is 5.65. The predicted octanol–water partition coefficient (Wildman–Crippen LogP) is 2.86. The van der Waals surface area contributed by atoms with E-state index in [1.807, 2.05) is 24.3 Å². The highest BCUT2D eigenvalue weighted by atomic mass is 16.5. The lowest BCUT2D eigenvalue weighted by atomic mass is 9.90. The molecule has 0 bridgehead atoms. The minimum atomic E-state index is -0.773. The number of nitrogens with zero attached hydrogens (tertiary/aromatic N) is 2. The molecule has 1 aromatic heterocycles. The first kappa shape index (κ1) is 16.9. The summed E-state index contributed by atoms with van der Waals surface area (Å²) in [5, 5.41) is 12.3. The van der Waals surface area contributed by atoms with Gasteiger partial charge in [-0.15, -0.1) is 0 Å². The van der Waals surface area contributed by atoms with Gasteiger partial charge in [0.05, 0.1) is 11.6 Å². The second-order valence-corrected chi connectivity index (χ2v) is 5.91. The number of carboxylic acids is 1. The number of ether oxygens (including phenoxy) is 1. The summed E-state index contributed by atoms with van der Waals surface area (Å²) in [5.41, 5.74) is 0.395. The van der Waals surface area contributed by atoms with Crippen LogP contribution >= 0.6 is 0 Å². The number of benzene rings is 1. The molecule has 6 heteroatoms. The molecule has 0 unspecified atom stereocenters. The Bertz CT molecular complexity index is 627. The highest BCUT2D eigenvalue weighted by Crippen LogP contribution is 2.20. The van der Waals surface area contributed by atoms with E-state index in [9.17, 15) is 4.79 Å². The molecule has 2 rings (SSSR count). The van der Waals surface area contributed by atoms with Gasteiger partial charge in [-0.3, -0.25) is 9.78 Å². The average molecular weight is 315 g/mol. The summed E-state index contributed by atoms with van der Waals surface area (Å²) in [7, 11) is 0. The van der Waals surface area contributed by atoms with Crippen LogP contribution in [0.4, 0.5) is 0 Å². The zero-order chi connectivity index (χ0) is 16.7. The molecule has 0 spiro atoms. The fourth-order valence-electron chi connectivity index (χ4n) is 1.87. The van der Waals surface area contributed by atoms with Crippen molar-refractivity contribution in [3.63, 3.8) is 0 Å². The van der Waals surface area contributed by atoms with Crippen molar-refractivity contribution in [2.75, 3.05) is 6.54 Å². The Morgan fingerprint density at radius 2 is 2.00 bits per heavy atom. The Hall–Kier alpha value is -2.47. The molecule has 0 aliphatic rings. The Balaban J connectivity index is 1.78. The van der Waals surface area contributed by atoms with Crippen LogP contribution < -0.4 is 10.1 Å². The van der Waals surface area contributed by atoms with E-state index in [1.54, 1.807) is 32.4 Å². The molecule has 0 radical (unpaired) electrons. The van der Waals surface area contributed by atoms with E-state index < -0.39 is 11.4 Å². The van der Waals surface area contributed by atoms with Crippen molar-refractivity contribution in [3.8, 4) is 11.6 Å². The summed E-state index contributed by atoms with van der Waals surface area (Å²) < 4.78 is 5.57. The van der Waals surface area contributed by atoms with Gasteiger partial charge in [-0.05, 0) is 44.5 Å². The lowest BCUT2D eigenvalue weighted by molar-refractivity contribution is -0.147. The molecule has 0 atom stereocenters. The topological polar surface area (TPSA) is 84.3 Å². The number of rotatable bonds is 8. The van der Waals surface area contributed by atoms with Gasteiger partial charge in [0.25, 0.3) is 0 Å². The fourth-order valence-corrected chi connectivity index (χ4v) is 1.87. The number of aliphatic carboxylic acids is 1. The van der Waals surface area contributed by atoms with Crippen molar-refractivity contribution < 1.29 is 14.6 Å². The van der Waals surface area contributed by atoms with Crippen LogP contribution in [0.5, 0.6) is 11.6 Å². The predicted molar refractivity (Wildman–Crippen MR) is 86.3 cm³/mol. The quantitative estimate of drug-likeness (QED) is 0.729. The lowest BCUT2D eigenvalue weighted by Gasteiger charge is -2.18. The number of carboxylic acid groups (broad SMARTS) is 1. The highest BCUT2D eigenvalue weighted by molar-refractivity contribution is 5.73. The van der Waals surface area contributed by atoms with Crippen molar-refractivity contribution in [2.45, 2.75) is 26.8 Å². The van der Waals surface area contributed by atoms with Gasteiger partial charge < -0.3 is 15.2 Å². The first-order valence-corrected chi connectivity index (χ1v) is 7.44. The van der Waals surface area contributed by atoms with Crippen LogP contribution in [0.3, 0.4) is 0 Å². The maximum absolute atomic E-state index is 11.0. The molecule has 0 saturated heterocycles. The van der Waals surface area contributed by atoms with Gasteiger partial charge >= 0.3 is 5.97 Å². The summed E-state index contributed by atoms with van der Waals surface area (Å²) in [4.78, 5) is 19.0. The number of aromatic nitrogens is 2. The first-order chi connectivity index (χ1) is 11.0. The maximum Gasteiger partial charge on any atom is 0.309 e. The average Bonchev–Trinajstić information content (AvgIpc) is 2.54. The standard InChI is InChI=1S/C17H21N3O3/c1-17(2,16(21)22)7-8-18-11-13-3-5-14(6-4-13)23-15-12-19-9-10-20-15/h3-6,9-10,12,18H,7-8,11H2,1-2H3,(H,21,22). The summed E-state index contributed by atoms with van der Waals surface area (Å²) in [6.45, 7) is 4.80. The van der Waals surface area contributed by atoms with Gasteiger partial charge in [0.2, 0.25) is 5.88 Å². The third kappa shape index (κ3) is 5.34. The molecule has 0 fully saturated rings. The molecular weight excluding hydrogens is 294 g/mol. The van der Waals surface area contributed by atoms with Gasteiger partial charge in [-0.2, -0.15) is 0 Å². The van der Waals surface area contributed by atoms with Crippen molar-refractivity contribution in [3.05, 3.63) is 48.4 Å². The minimum absolute atomic E-state index is 0.453. The van der Waals surface area contributed by atoms with E-state index in [-0.39, 0.29) is 0 Å².